The fourth-order valence-electron chi connectivity index (χ4n) is 5.05. The maximum Gasteiger partial charge on any atom is 0.301 e. The average molecular weight is 527 g/mol. The average Bonchev–Trinajstić information content (AvgIpc) is 3.42. The molecule has 0 bridgehead atoms. The molecule has 1 amide bonds. The van der Waals surface area contributed by atoms with Crippen LogP contribution in [-0.4, -0.2) is 28.9 Å². The highest BCUT2D eigenvalue weighted by Gasteiger charge is 2.48. The molecule has 5 rings (SSSR count). The van der Waals surface area contributed by atoms with E-state index in [1.807, 2.05) is 57.2 Å². The molecule has 1 fully saturated rings. The number of fused-ring (bicyclic) bond motifs is 1. The normalized spacial score (nSPS) is 17.1. The summed E-state index contributed by atoms with van der Waals surface area (Å²) in [5.74, 6) is -0.664. The number of aromatic nitrogens is 1. The van der Waals surface area contributed by atoms with E-state index in [9.17, 15) is 14.7 Å². The van der Waals surface area contributed by atoms with Crippen LogP contribution in [0.2, 0.25) is 0 Å². The highest BCUT2D eigenvalue weighted by Crippen LogP contribution is 2.45. The number of ketones is 1. The van der Waals surface area contributed by atoms with Crippen molar-refractivity contribution in [2.45, 2.75) is 46.6 Å². The summed E-state index contributed by atoms with van der Waals surface area (Å²) in [5.41, 5.74) is 6.08. The minimum Gasteiger partial charge on any atom is -0.507 e. The third-order valence-corrected chi connectivity index (χ3v) is 8.06. The first kappa shape index (κ1) is 25.7. The number of hydrogen-bond donors (Lipinski definition) is 1. The van der Waals surface area contributed by atoms with E-state index < -0.39 is 17.7 Å². The summed E-state index contributed by atoms with van der Waals surface area (Å²) < 4.78 is 6.30. The lowest BCUT2D eigenvalue weighted by atomic mass is 9.93. The van der Waals surface area contributed by atoms with Crippen molar-refractivity contribution in [3.05, 3.63) is 93.6 Å². The van der Waals surface area contributed by atoms with E-state index in [1.165, 1.54) is 16.2 Å². The molecule has 2 heterocycles. The minimum atomic E-state index is -0.819. The molecule has 1 aromatic heterocycles. The summed E-state index contributed by atoms with van der Waals surface area (Å²) in [4.78, 5) is 33.4. The van der Waals surface area contributed by atoms with Gasteiger partial charge >= 0.3 is 5.91 Å². The van der Waals surface area contributed by atoms with Crippen molar-refractivity contribution in [2.75, 3.05) is 12.0 Å². The zero-order valence-corrected chi connectivity index (χ0v) is 23.1. The lowest BCUT2D eigenvalue weighted by molar-refractivity contribution is -0.132. The monoisotopic (exact) mass is 526 g/mol. The van der Waals surface area contributed by atoms with Gasteiger partial charge in [0.1, 0.15) is 11.5 Å². The van der Waals surface area contributed by atoms with E-state index in [2.05, 4.69) is 13.8 Å². The zero-order valence-electron chi connectivity index (χ0n) is 22.3. The molecule has 1 saturated heterocycles. The lowest BCUT2D eigenvalue weighted by Gasteiger charge is -2.23. The molecule has 6 nitrogen and oxygen atoms in total. The number of carbonyl (C=O) groups is 2. The van der Waals surface area contributed by atoms with Crippen molar-refractivity contribution >= 4 is 44.1 Å². The molecule has 1 N–H and O–H groups in total. The van der Waals surface area contributed by atoms with Gasteiger partial charge < -0.3 is 9.84 Å². The number of aliphatic hydroxyl groups is 1. The summed E-state index contributed by atoms with van der Waals surface area (Å²) in [5, 5.41) is 11.9. The number of hydrogen-bond acceptors (Lipinski definition) is 6. The van der Waals surface area contributed by atoms with Crippen LogP contribution in [0.4, 0.5) is 5.13 Å². The number of amides is 1. The molecule has 0 aliphatic carbocycles. The van der Waals surface area contributed by atoms with Crippen molar-refractivity contribution in [3.8, 4) is 5.75 Å². The fraction of sp³-hybridized carbons (Fsp3) is 0.258. The Balaban J connectivity index is 1.73. The number of thiazole rings is 1. The first-order chi connectivity index (χ1) is 18.1. The molecule has 194 valence electrons. The van der Waals surface area contributed by atoms with Crippen molar-refractivity contribution in [3.63, 3.8) is 0 Å². The van der Waals surface area contributed by atoms with E-state index >= 15 is 0 Å². The predicted octanol–water partition coefficient (Wildman–Crippen LogP) is 6.98. The Kier molecular flexibility index (Phi) is 6.57. The van der Waals surface area contributed by atoms with Crippen LogP contribution in [0.5, 0.6) is 5.75 Å². The second-order valence-electron chi connectivity index (χ2n) is 10.1. The van der Waals surface area contributed by atoms with Gasteiger partial charge in [-0.05, 0) is 78.8 Å². The Morgan fingerprint density at radius 3 is 2.34 bits per heavy atom. The van der Waals surface area contributed by atoms with Gasteiger partial charge in [-0.15, -0.1) is 0 Å². The van der Waals surface area contributed by atoms with Crippen LogP contribution >= 0.6 is 11.3 Å². The Morgan fingerprint density at radius 2 is 1.71 bits per heavy atom. The molecule has 0 spiro atoms. The molecule has 0 unspecified atom stereocenters. The number of carbonyl (C=O) groups excluding carboxylic acids is 2. The molecular weight excluding hydrogens is 496 g/mol. The van der Waals surface area contributed by atoms with Crippen molar-refractivity contribution in [1.82, 2.24) is 4.98 Å². The van der Waals surface area contributed by atoms with Gasteiger partial charge in [0.15, 0.2) is 5.13 Å². The van der Waals surface area contributed by atoms with Gasteiger partial charge in [-0.25, -0.2) is 4.98 Å². The first-order valence-electron chi connectivity index (χ1n) is 12.5. The van der Waals surface area contributed by atoms with Gasteiger partial charge in [-0.1, -0.05) is 55.5 Å². The van der Waals surface area contributed by atoms with Gasteiger partial charge in [0.2, 0.25) is 0 Å². The van der Waals surface area contributed by atoms with Crippen LogP contribution < -0.4 is 9.64 Å². The van der Waals surface area contributed by atoms with Crippen LogP contribution in [0.15, 0.2) is 60.2 Å². The van der Waals surface area contributed by atoms with Crippen LogP contribution in [-0.2, 0) is 9.59 Å². The third kappa shape index (κ3) is 4.27. The molecule has 3 aromatic carbocycles. The Bertz CT molecular complexity index is 1620. The Labute approximate surface area is 226 Å². The maximum absolute atomic E-state index is 13.6. The van der Waals surface area contributed by atoms with Gasteiger partial charge in [-0.2, -0.15) is 0 Å². The summed E-state index contributed by atoms with van der Waals surface area (Å²) in [6.07, 6.45) is 0. The molecular formula is C31H30N2O4S. The smallest absolute Gasteiger partial charge is 0.301 e. The number of nitrogens with zero attached hydrogens (tertiary/aromatic N) is 2. The molecule has 1 aliphatic heterocycles. The highest BCUT2D eigenvalue weighted by atomic mass is 32.1. The fourth-order valence-corrected chi connectivity index (χ4v) is 6.22. The number of aryl methyl sites for hydroxylation is 3. The number of aliphatic hydroxyl groups excluding tert-OH is 1. The number of Topliss-reactive ketones (excluding diaryl/α,β-unsaturated/α-hetero) is 1. The van der Waals surface area contributed by atoms with Gasteiger partial charge in [0, 0.05) is 5.56 Å². The van der Waals surface area contributed by atoms with E-state index in [1.54, 1.807) is 25.3 Å². The third-order valence-electron chi connectivity index (χ3n) is 7.06. The van der Waals surface area contributed by atoms with Crippen molar-refractivity contribution in [2.24, 2.45) is 0 Å². The predicted molar refractivity (Wildman–Crippen MR) is 152 cm³/mol. The molecule has 1 aliphatic rings. The molecule has 38 heavy (non-hydrogen) atoms. The zero-order chi connectivity index (χ0) is 27.3. The van der Waals surface area contributed by atoms with E-state index in [0.29, 0.717) is 22.4 Å². The van der Waals surface area contributed by atoms with Crippen LogP contribution in [0, 0.1) is 20.8 Å². The van der Waals surface area contributed by atoms with E-state index in [-0.39, 0.29) is 11.3 Å². The van der Waals surface area contributed by atoms with Gasteiger partial charge in [-0.3, -0.25) is 14.5 Å². The van der Waals surface area contributed by atoms with Crippen LogP contribution in [0.25, 0.3) is 16.0 Å². The van der Waals surface area contributed by atoms with E-state index in [4.69, 9.17) is 9.72 Å². The first-order valence-corrected chi connectivity index (χ1v) is 13.4. The molecule has 7 heteroatoms. The number of anilines is 1. The van der Waals surface area contributed by atoms with Crippen LogP contribution in [0.3, 0.4) is 0 Å². The SMILES string of the molecule is COc1ccc(/C(O)=C2\C(=O)C(=O)N(c3nc4c(C)cc(C)cc4s3)[C@@H]2c2ccc(C(C)C)cc2)cc1C. The van der Waals surface area contributed by atoms with Crippen molar-refractivity contribution in [1.29, 1.82) is 0 Å². The van der Waals surface area contributed by atoms with Gasteiger partial charge in [0.25, 0.3) is 5.78 Å². The molecule has 0 radical (unpaired) electrons. The number of rotatable bonds is 5. The minimum absolute atomic E-state index is 0.0454. The Morgan fingerprint density at radius 1 is 1.00 bits per heavy atom. The molecule has 0 saturated carbocycles. The summed E-state index contributed by atoms with van der Waals surface area (Å²) in [6, 6.07) is 16.3. The second-order valence-corrected chi connectivity index (χ2v) is 11.1. The largest absolute Gasteiger partial charge is 0.507 e. The van der Waals surface area contributed by atoms with Gasteiger partial charge in [0.05, 0.1) is 28.9 Å². The van der Waals surface area contributed by atoms with Crippen molar-refractivity contribution < 1.29 is 19.4 Å². The molecule has 4 aromatic rings. The summed E-state index contributed by atoms with van der Waals surface area (Å²) >= 11 is 1.37. The standard InChI is InChI=1S/C31H30N2O4S/c1-16(2)20-7-9-21(10-8-20)27-25(28(34)22-11-12-23(37-6)18(4)15-22)29(35)30(36)33(27)31-32-26-19(5)13-17(3)14-24(26)38-31/h7-16,27,34H,1-6H3/b28-25+/t27-/m1/s1. The number of ether oxygens (including phenoxy) is 1. The summed E-state index contributed by atoms with van der Waals surface area (Å²) in [7, 11) is 1.58. The number of methoxy groups -OCH3 is 1. The molecule has 1 atom stereocenters. The second kappa shape index (κ2) is 9.72. The quantitative estimate of drug-likeness (QED) is 0.172. The van der Waals surface area contributed by atoms with Crippen LogP contribution in [0.1, 0.15) is 59.2 Å². The Hall–Kier alpha value is -3.97. The lowest BCUT2D eigenvalue weighted by Crippen LogP contribution is -2.29. The summed E-state index contributed by atoms with van der Waals surface area (Å²) in [6.45, 7) is 10.1. The number of benzene rings is 3. The van der Waals surface area contributed by atoms with E-state index in [0.717, 1.165) is 38.0 Å². The maximum atomic E-state index is 13.6. The highest BCUT2D eigenvalue weighted by molar-refractivity contribution is 7.22. The topological polar surface area (TPSA) is 79.7 Å².